The molecule has 0 N–H and O–H groups in total. The fraction of sp³-hybridized carbons (Fsp3) is 0.148. The number of allylic oxidation sites excluding steroid dienone is 4. The third-order valence-corrected chi connectivity index (χ3v) is 13.3. The van der Waals surface area contributed by atoms with Gasteiger partial charge in [0.1, 0.15) is 0 Å². The van der Waals surface area contributed by atoms with Crippen molar-refractivity contribution in [3.8, 4) is 22.3 Å². The summed E-state index contributed by atoms with van der Waals surface area (Å²) in [6, 6.07) is 69.1. The van der Waals surface area contributed by atoms with Crippen LogP contribution in [-0.2, 0) is 0 Å². The third kappa shape index (κ3) is 4.90. The van der Waals surface area contributed by atoms with Gasteiger partial charge in [0.05, 0.1) is 0 Å². The summed E-state index contributed by atoms with van der Waals surface area (Å²) < 4.78 is 0. The molecule has 0 radical (unpaired) electrons. The standard InChI is InChI=1S/C54H42/c1-5-17-35(18-6-1)39-29-31-45-41-25-13-15-27-43(41)47-34-50-48(33-49(47)53(45)51(39)37-21-9-3-10-22-37)44-28-16-14-26-42(44)46-32-30-40(36-19-7-2-8-20-36)52(54(46)50)38-23-11-4-12-24-38/h1-34,39-40,45-46,51-54H. The molecule has 0 spiro atoms. The zero-order chi connectivity index (χ0) is 35.6. The van der Waals surface area contributed by atoms with Crippen molar-refractivity contribution >= 4 is 0 Å². The van der Waals surface area contributed by atoms with Crippen LogP contribution in [0.3, 0.4) is 0 Å². The van der Waals surface area contributed by atoms with Crippen LogP contribution in [0, 0.1) is 0 Å². The number of rotatable bonds is 4. The Hall–Kier alpha value is -5.98. The molecule has 7 aromatic rings. The van der Waals surface area contributed by atoms with Crippen LogP contribution >= 0.6 is 0 Å². The largest absolute Gasteiger partial charge is 0.0797 e. The summed E-state index contributed by atoms with van der Waals surface area (Å²) in [5.74, 6) is 2.29. The minimum Gasteiger partial charge on any atom is -0.0797 e. The van der Waals surface area contributed by atoms with Gasteiger partial charge in [0.2, 0.25) is 0 Å². The molecule has 0 saturated heterocycles. The minimum atomic E-state index is 0.276. The van der Waals surface area contributed by atoms with Gasteiger partial charge in [-0.1, -0.05) is 194 Å². The Labute approximate surface area is 319 Å². The lowest BCUT2D eigenvalue weighted by molar-refractivity contribution is 0.432. The summed E-state index contributed by atoms with van der Waals surface area (Å²) in [6.45, 7) is 0. The van der Waals surface area contributed by atoms with Crippen LogP contribution in [0.4, 0.5) is 0 Å². The Bertz CT molecular complexity index is 2350. The molecular weight excluding hydrogens is 649 g/mol. The first-order chi connectivity index (χ1) is 26.8. The monoisotopic (exact) mass is 690 g/mol. The lowest BCUT2D eigenvalue weighted by Gasteiger charge is -2.47. The van der Waals surface area contributed by atoms with Gasteiger partial charge < -0.3 is 0 Å². The smallest absolute Gasteiger partial charge is 0.00995 e. The maximum absolute atomic E-state index is 2.67. The zero-order valence-corrected chi connectivity index (χ0v) is 30.2. The Morgan fingerprint density at radius 3 is 0.926 bits per heavy atom. The molecule has 0 saturated carbocycles. The molecule has 0 fully saturated rings. The number of benzene rings is 7. The van der Waals surface area contributed by atoms with Gasteiger partial charge in [-0.3, -0.25) is 0 Å². The average molecular weight is 691 g/mol. The summed E-state index contributed by atoms with van der Waals surface area (Å²) in [4.78, 5) is 0. The molecule has 11 rings (SSSR count). The second-order valence-corrected chi connectivity index (χ2v) is 15.8. The van der Waals surface area contributed by atoms with E-state index in [4.69, 9.17) is 0 Å². The molecule has 258 valence electrons. The highest BCUT2D eigenvalue weighted by molar-refractivity contribution is 5.85. The van der Waals surface area contributed by atoms with E-state index in [1.165, 1.54) is 66.8 Å². The van der Waals surface area contributed by atoms with Crippen molar-refractivity contribution in [2.45, 2.75) is 47.3 Å². The fourth-order valence-electron chi connectivity index (χ4n) is 11.1. The van der Waals surface area contributed by atoms with Crippen LogP contribution in [0.1, 0.15) is 91.9 Å². The van der Waals surface area contributed by atoms with Gasteiger partial charge in [0, 0.05) is 47.3 Å². The van der Waals surface area contributed by atoms with Crippen molar-refractivity contribution in [3.05, 3.63) is 251 Å². The Morgan fingerprint density at radius 2 is 0.537 bits per heavy atom. The van der Waals surface area contributed by atoms with E-state index in [0.29, 0.717) is 11.8 Å². The van der Waals surface area contributed by atoms with E-state index in [9.17, 15) is 0 Å². The summed E-state index contributed by atoms with van der Waals surface area (Å²) in [5, 5.41) is 0. The first-order valence-corrected chi connectivity index (χ1v) is 19.8. The summed E-state index contributed by atoms with van der Waals surface area (Å²) in [7, 11) is 0. The van der Waals surface area contributed by atoms with Crippen molar-refractivity contribution in [3.63, 3.8) is 0 Å². The summed E-state index contributed by atoms with van der Waals surface area (Å²) >= 11 is 0. The number of hydrogen-bond acceptors (Lipinski definition) is 0. The molecule has 4 aliphatic carbocycles. The van der Waals surface area contributed by atoms with E-state index in [1.807, 2.05) is 0 Å². The summed E-state index contributed by atoms with van der Waals surface area (Å²) in [5.41, 5.74) is 17.1. The highest BCUT2D eigenvalue weighted by Gasteiger charge is 2.47. The lowest BCUT2D eigenvalue weighted by Crippen LogP contribution is -2.31. The van der Waals surface area contributed by atoms with Crippen molar-refractivity contribution < 1.29 is 0 Å². The predicted molar refractivity (Wildman–Crippen MR) is 223 cm³/mol. The Kier molecular flexibility index (Phi) is 7.51. The molecule has 0 amide bonds. The van der Waals surface area contributed by atoms with Crippen molar-refractivity contribution in [1.82, 2.24) is 0 Å². The first kappa shape index (κ1) is 31.5. The third-order valence-electron chi connectivity index (χ3n) is 13.3. The van der Waals surface area contributed by atoms with Crippen molar-refractivity contribution in [2.75, 3.05) is 0 Å². The molecule has 4 aliphatic rings. The highest BCUT2D eigenvalue weighted by Crippen LogP contribution is 2.64. The predicted octanol–water partition coefficient (Wildman–Crippen LogP) is 13.7. The molecule has 0 bridgehead atoms. The van der Waals surface area contributed by atoms with E-state index in [1.54, 1.807) is 0 Å². The van der Waals surface area contributed by atoms with Crippen molar-refractivity contribution in [1.29, 1.82) is 0 Å². The second kappa shape index (κ2) is 12.9. The normalized spacial score (nSPS) is 25.6. The quantitative estimate of drug-likeness (QED) is 0.161. The van der Waals surface area contributed by atoms with Crippen LogP contribution in [0.5, 0.6) is 0 Å². The maximum atomic E-state index is 2.67. The van der Waals surface area contributed by atoms with Crippen molar-refractivity contribution in [2.24, 2.45) is 0 Å². The molecule has 0 aromatic heterocycles. The van der Waals surface area contributed by atoms with Gasteiger partial charge in [-0.05, 0) is 78.9 Å². The minimum absolute atomic E-state index is 0.276. The van der Waals surface area contributed by atoms with Gasteiger partial charge >= 0.3 is 0 Å². The first-order valence-electron chi connectivity index (χ1n) is 19.8. The van der Waals surface area contributed by atoms with Gasteiger partial charge in [-0.2, -0.15) is 0 Å². The molecule has 0 aliphatic heterocycles. The Balaban J connectivity index is 1.18. The maximum Gasteiger partial charge on any atom is 0.00995 e. The van der Waals surface area contributed by atoms with E-state index >= 15 is 0 Å². The van der Waals surface area contributed by atoms with Crippen LogP contribution in [-0.4, -0.2) is 0 Å². The van der Waals surface area contributed by atoms with E-state index in [0.717, 1.165) is 0 Å². The van der Waals surface area contributed by atoms with Gasteiger partial charge in [0.25, 0.3) is 0 Å². The molecule has 8 unspecified atom stereocenters. The second-order valence-electron chi connectivity index (χ2n) is 15.8. The molecular formula is C54H42. The van der Waals surface area contributed by atoms with Gasteiger partial charge in [-0.15, -0.1) is 0 Å². The molecule has 8 atom stereocenters. The van der Waals surface area contributed by atoms with Crippen LogP contribution in [0.25, 0.3) is 22.3 Å². The van der Waals surface area contributed by atoms with E-state index in [-0.39, 0.29) is 35.5 Å². The lowest BCUT2D eigenvalue weighted by atomic mass is 9.55. The number of hydrogen-bond donors (Lipinski definition) is 0. The molecule has 7 aromatic carbocycles. The van der Waals surface area contributed by atoms with E-state index in [2.05, 4.69) is 206 Å². The molecule has 54 heavy (non-hydrogen) atoms. The van der Waals surface area contributed by atoms with Crippen LogP contribution in [0.2, 0.25) is 0 Å². The highest BCUT2D eigenvalue weighted by atomic mass is 14.5. The molecule has 0 nitrogen and oxygen atoms in total. The fourth-order valence-corrected chi connectivity index (χ4v) is 11.1. The molecule has 0 heteroatoms. The topological polar surface area (TPSA) is 0 Å². The van der Waals surface area contributed by atoms with Crippen LogP contribution < -0.4 is 0 Å². The SMILES string of the molecule is C1=CC2c3ccccc3-c3cc4c(cc3C2C(c2ccccc2)C1c1ccccc1)-c1ccccc1C1C=CC(c2ccccc2)C(c2ccccc2)C41. The summed E-state index contributed by atoms with van der Waals surface area (Å²) in [6.07, 6.45) is 10.1. The Morgan fingerprint density at radius 1 is 0.222 bits per heavy atom. The molecule has 0 heterocycles. The zero-order valence-electron chi connectivity index (χ0n) is 30.2. The number of fused-ring (bicyclic) bond motifs is 12. The average Bonchev–Trinajstić information content (AvgIpc) is 3.26. The van der Waals surface area contributed by atoms with E-state index < -0.39 is 0 Å². The van der Waals surface area contributed by atoms with Crippen LogP contribution in [0.15, 0.2) is 206 Å². The van der Waals surface area contributed by atoms with Gasteiger partial charge in [-0.25, -0.2) is 0 Å². The van der Waals surface area contributed by atoms with Gasteiger partial charge in [0.15, 0.2) is 0 Å².